The molecule has 4 rings (SSSR count). The standard InChI is InChI=1S/C15H16ClN5O4S2/c16-11-5-9(27(24,25)21-8-6-26(22,23)7-8)1-2-10(11)12-3-4-13-14(18-12)15(17)20-19-13/h1-5,8,21-23H,6-7H2,(H3,17,19,20). The molecule has 0 aliphatic carbocycles. The first kappa shape index (κ1) is 18.5. The maximum atomic E-state index is 12.5. The van der Waals surface area contributed by atoms with E-state index in [0.29, 0.717) is 22.3 Å². The lowest BCUT2D eigenvalue weighted by molar-refractivity contribution is 0.445. The third kappa shape index (κ3) is 3.49. The summed E-state index contributed by atoms with van der Waals surface area (Å²) in [7, 11) is -6.46. The van der Waals surface area contributed by atoms with E-state index in [2.05, 4.69) is 19.9 Å². The molecule has 1 fully saturated rings. The van der Waals surface area contributed by atoms with E-state index in [4.69, 9.17) is 17.3 Å². The van der Waals surface area contributed by atoms with Gasteiger partial charge in [-0.15, -0.1) is 0 Å². The van der Waals surface area contributed by atoms with Crippen LogP contribution in [0.25, 0.3) is 22.3 Å². The molecule has 3 aromatic rings. The molecule has 6 N–H and O–H groups in total. The van der Waals surface area contributed by atoms with Crippen LogP contribution in [0.3, 0.4) is 0 Å². The SMILES string of the molecule is Nc1n[nH]c2ccc(-c3ccc(S(=O)(=O)NC4CS(O)(O)C4)cc3Cl)nc12. The number of halogens is 1. The Kier molecular flexibility index (Phi) is 4.33. The molecule has 0 amide bonds. The number of anilines is 1. The Balaban J connectivity index is 1.62. The highest BCUT2D eigenvalue weighted by molar-refractivity contribution is 8.25. The molecule has 27 heavy (non-hydrogen) atoms. The van der Waals surface area contributed by atoms with Crippen LogP contribution in [-0.4, -0.2) is 50.3 Å². The summed E-state index contributed by atoms with van der Waals surface area (Å²) in [6.07, 6.45) is 0. The summed E-state index contributed by atoms with van der Waals surface area (Å²) >= 11 is 6.30. The number of sulfonamides is 1. The molecule has 0 radical (unpaired) electrons. The van der Waals surface area contributed by atoms with Crippen molar-refractivity contribution in [3.05, 3.63) is 35.4 Å². The second-order valence-electron chi connectivity index (χ2n) is 6.30. The van der Waals surface area contributed by atoms with Crippen molar-refractivity contribution in [2.75, 3.05) is 17.2 Å². The van der Waals surface area contributed by atoms with Crippen molar-refractivity contribution < 1.29 is 17.5 Å². The molecule has 1 aliphatic heterocycles. The first-order valence-corrected chi connectivity index (χ1v) is 11.6. The third-order valence-electron chi connectivity index (χ3n) is 4.22. The van der Waals surface area contributed by atoms with Gasteiger partial charge in [-0.2, -0.15) is 15.7 Å². The number of H-pyrrole nitrogens is 1. The Hall–Kier alpha value is -1.89. The van der Waals surface area contributed by atoms with Gasteiger partial charge in [-0.3, -0.25) is 14.2 Å². The number of aromatic nitrogens is 3. The quantitative estimate of drug-likeness (QED) is 0.426. The number of fused-ring (bicyclic) bond motifs is 1. The maximum absolute atomic E-state index is 12.5. The highest BCUT2D eigenvalue weighted by Crippen LogP contribution is 2.48. The van der Waals surface area contributed by atoms with Gasteiger partial charge in [0.1, 0.15) is 5.52 Å². The van der Waals surface area contributed by atoms with E-state index in [9.17, 15) is 17.5 Å². The number of nitrogen functional groups attached to an aromatic ring is 1. The zero-order chi connectivity index (χ0) is 19.4. The molecule has 2 aromatic heterocycles. The van der Waals surface area contributed by atoms with Gasteiger partial charge in [0.15, 0.2) is 5.82 Å². The minimum atomic E-state index is -3.82. The maximum Gasteiger partial charge on any atom is 0.240 e. The Labute approximate surface area is 161 Å². The molecule has 1 aliphatic rings. The molecular weight excluding hydrogens is 414 g/mol. The summed E-state index contributed by atoms with van der Waals surface area (Å²) in [5.41, 5.74) is 8.04. The number of hydrogen-bond donors (Lipinski definition) is 5. The van der Waals surface area contributed by atoms with E-state index in [1.807, 2.05) is 0 Å². The van der Waals surface area contributed by atoms with Gasteiger partial charge in [0.25, 0.3) is 0 Å². The van der Waals surface area contributed by atoms with Crippen molar-refractivity contribution in [2.24, 2.45) is 0 Å². The van der Waals surface area contributed by atoms with E-state index in [1.165, 1.54) is 12.1 Å². The number of benzene rings is 1. The fourth-order valence-corrected chi connectivity index (χ4v) is 6.06. The summed E-state index contributed by atoms with van der Waals surface area (Å²) in [5, 5.41) is 6.85. The largest absolute Gasteiger partial charge is 0.380 e. The van der Waals surface area contributed by atoms with Crippen LogP contribution in [0.5, 0.6) is 0 Å². The molecule has 0 unspecified atom stereocenters. The van der Waals surface area contributed by atoms with E-state index < -0.39 is 26.7 Å². The molecule has 0 spiro atoms. The lowest BCUT2D eigenvalue weighted by Gasteiger charge is -2.46. The molecule has 0 saturated carbocycles. The van der Waals surface area contributed by atoms with Crippen molar-refractivity contribution in [2.45, 2.75) is 10.9 Å². The minimum Gasteiger partial charge on any atom is -0.380 e. The molecule has 1 aromatic carbocycles. The normalized spacial score (nSPS) is 18.3. The van der Waals surface area contributed by atoms with Crippen molar-refractivity contribution in [1.82, 2.24) is 19.9 Å². The monoisotopic (exact) mass is 429 g/mol. The van der Waals surface area contributed by atoms with Gasteiger partial charge in [-0.1, -0.05) is 11.6 Å². The predicted molar refractivity (Wildman–Crippen MR) is 105 cm³/mol. The molecular formula is C15H16ClN5O4S2. The van der Waals surface area contributed by atoms with Gasteiger partial charge in [0, 0.05) is 5.56 Å². The second kappa shape index (κ2) is 6.33. The number of rotatable bonds is 4. The summed E-state index contributed by atoms with van der Waals surface area (Å²) in [5.74, 6) is 0.306. The van der Waals surface area contributed by atoms with Crippen LogP contribution in [0.15, 0.2) is 35.2 Å². The van der Waals surface area contributed by atoms with Crippen LogP contribution in [0.2, 0.25) is 5.02 Å². The van der Waals surface area contributed by atoms with E-state index in [-0.39, 0.29) is 27.2 Å². The number of aromatic amines is 1. The zero-order valence-corrected chi connectivity index (χ0v) is 16.1. The number of nitrogens with one attached hydrogen (secondary N) is 2. The minimum absolute atomic E-state index is 0.0106. The molecule has 0 bridgehead atoms. The topological polar surface area (TPSA) is 154 Å². The Morgan fingerprint density at radius 2 is 2.00 bits per heavy atom. The average molecular weight is 430 g/mol. The highest BCUT2D eigenvalue weighted by atomic mass is 35.5. The number of hydrogen-bond acceptors (Lipinski definition) is 7. The van der Waals surface area contributed by atoms with E-state index >= 15 is 0 Å². The smallest absolute Gasteiger partial charge is 0.240 e. The fraction of sp³-hybridized carbons (Fsp3) is 0.200. The Bertz CT molecular complexity index is 1140. The highest BCUT2D eigenvalue weighted by Gasteiger charge is 2.36. The zero-order valence-electron chi connectivity index (χ0n) is 13.8. The van der Waals surface area contributed by atoms with Gasteiger partial charge >= 0.3 is 0 Å². The van der Waals surface area contributed by atoms with Gasteiger partial charge in [0.05, 0.1) is 38.7 Å². The van der Waals surface area contributed by atoms with E-state index in [1.54, 1.807) is 18.2 Å². The molecule has 9 nitrogen and oxygen atoms in total. The summed E-state index contributed by atoms with van der Waals surface area (Å²) in [6.45, 7) is 0. The van der Waals surface area contributed by atoms with Gasteiger partial charge in [-0.25, -0.2) is 18.1 Å². The van der Waals surface area contributed by atoms with E-state index in [0.717, 1.165) is 0 Å². The Morgan fingerprint density at radius 1 is 1.26 bits per heavy atom. The molecule has 3 heterocycles. The van der Waals surface area contributed by atoms with Crippen molar-refractivity contribution >= 4 is 49.1 Å². The van der Waals surface area contributed by atoms with Crippen LogP contribution in [0.1, 0.15) is 0 Å². The summed E-state index contributed by atoms with van der Waals surface area (Å²) < 4.78 is 46.2. The summed E-state index contributed by atoms with van der Waals surface area (Å²) in [6, 6.07) is 7.32. The van der Waals surface area contributed by atoms with Crippen molar-refractivity contribution in [1.29, 1.82) is 0 Å². The second-order valence-corrected chi connectivity index (χ2v) is 10.7. The van der Waals surface area contributed by atoms with Crippen LogP contribution in [-0.2, 0) is 10.0 Å². The van der Waals surface area contributed by atoms with Crippen molar-refractivity contribution in [3.8, 4) is 11.3 Å². The first-order valence-electron chi connectivity index (χ1n) is 7.81. The lowest BCUT2D eigenvalue weighted by atomic mass is 10.1. The Morgan fingerprint density at radius 3 is 2.67 bits per heavy atom. The molecule has 0 atom stereocenters. The molecule has 12 heteroatoms. The first-order chi connectivity index (χ1) is 12.6. The summed E-state index contributed by atoms with van der Waals surface area (Å²) in [4.78, 5) is 4.41. The average Bonchev–Trinajstić information content (AvgIpc) is 2.93. The molecule has 144 valence electrons. The van der Waals surface area contributed by atoms with Gasteiger partial charge in [0.2, 0.25) is 10.0 Å². The van der Waals surface area contributed by atoms with Crippen LogP contribution in [0.4, 0.5) is 5.82 Å². The van der Waals surface area contributed by atoms with Crippen molar-refractivity contribution in [3.63, 3.8) is 0 Å². The fourth-order valence-electron chi connectivity index (χ4n) is 2.89. The van der Waals surface area contributed by atoms with Gasteiger partial charge in [-0.05, 0) is 30.3 Å². The predicted octanol–water partition coefficient (Wildman–Crippen LogP) is 2.27. The van der Waals surface area contributed by atoms with Crippen LogP contribution < -0.4 is 10.5 Å². The lowest BCUT2D eigenvalue weighted by Crippen LogP contribution is -2.50. The third-order valence-corrected chi connectivity index (χ3v) is 7.92. The van der Waals surface area contributed by atoms with Gasteiger partial charge < -0.3 is 5.73 Å². The number of nitrogens with zero attached hydrogens (tertiary/aromatic N) is 2. The van der Waals surface area contributed by atoms with Crippen LogP contribution >= 0.6 is 22.2 Å². The molecule has 1 saturated heterocycles. The number of pyridine rings is 1. The van der Waals surface area contributed by atoms with Crippen LogP contribution in [0, 0.1) is 0 Å². The number of nitrogens with two attached hydrogens (primary N) is 1.